The second-order valence-corrected chi connectivity index (χ2v) is 8.78. The van der Waals surface area contributed by atoms with Crippen LogP contribution in [0.15, 0.2) is 51.5 Å². The summed E-state index contributed by atoms with van der Waals surface area (Å²) in [5.74, 6) is 1.07. The maximum atomic E-state index is 13.7. The third kappa shape index (κ3) is 3.81. The fourth-order valence-corrected chi connectivity index (χ4v) is 4.60. The zero-order chi connectivity index (χ0) is 23.1. The van der Waals surface area contributed by atoms with E-state index in [4.69, 9.17) is 32.2 Å². The normalized spacial score (nSPS) is 15.9. The van der Waals surface area contributed by atoms with Gasteiger partial charge in [-0.2, -0.15) is 4.98 Å². The van der Waals surface area contributed by atoms with Gasteiger partial charge in [-0.05, 0) is 44.4 Å². The van der Waals surface area contributed by atoms with Gasteiger partial charge in [-0.25, -0.2) is 0 Å². The molecular formula is C24H20Cl2N4O3. The second kappa shape index (κ2) is 8.65. The molecule has 0 saturated carbocycles. The molecule has 0 aliphatic carbocycles. The number of halogens is 2. The van der Waals surface area contributed by atoms with Gasteiger partial charge >= 0.3 is 0 Å². The number of likely N-dealkylation sites (tertiary alicyclic amines) is 1. The molecule has 168 valence electrons. The highest BCUT2D eigenvalue weighted by molar-refractivity contribution is 6.33. The van der Waals surface area contributed by atoms with E-state index in [-0.39, 0.29) is 11.9 Å². The van der Waals surface area contributed by atoms with Gasteiger partial charge in [0.05, 0.1) is 5.02 Å². The molecule has 1 amide bonds. The number of amides is 1. The summed E-state index contributed by atoms with van der Waals surface area (Å²) in [4.78, 5) is 20.0. The van der Waals surface area contributed by atoms with Crippen molar-refractivity contribution in [2.24, 2.45) is 0 Å². The molecule has 7 nitrogen and oxygen atoms in total. The molecule has 4 aromatic rings. The number of benzene rings is 2. The third-order valence-electron chi connectivity index (χ3n) is 5.95. The molecule has 9 heteroatoms. The monoisotopic (exact) mass is 482 g/mol. The highest BCUT2D eigenvalue weighted by atomic mass is 35.5. The van der Waals surface area contributed by atoms with Gasteiger partial charge in [0.2, 0.25) is 11.7 Å². The van der Waals surface area contributed by atoms with Crippen LogP contribution in [0.25, 0.3) is 22.6 Å². The fourth-order valence-electron chi connectivity index (χ4n) is 4.20. The molecule has 0 N–H and O–H groups in total. The quantitative estimate of drug-likeness (QED) is 0.339. The molecule has 1 fully saturated rings. The molecule has 0 bridgehead atoms. The summed E-state index contributed by atoms with van der Waals surface area (Å²) >= 11 is 12.6. The molecule has 2 aromatic carbocycles. The summed E-state index contributed by atoms with van der Waals surface area (Å²) in [6, 6.07) is 12.5. The predicted molar refractivity (Wildman–Crippen MR) is 124 cm³/mol. The fraction of sp³-hybridized carbons (Fsp3) is 0.250. The molecule has 1 aliphatic heterocycles. The third-order valence-corrected chi connectivity index (χ3v) is 6.69. The lowest BCUT2D eigenvalue weighted by atomic mass is 10.0. The van der Waals surface area contributed by atoms with Crippen LogP contribution in [0.2, 0.25) is 10.0 Å². The Hall–Kier alpha value is -3.16. The van der Waals surface area contributed by atoms with E-state index >= 15 is 0 Å². The minimum absolute atomic E-state index is 0.204. The van der Waals surface area contributed by atoms with Gasteiger partial charge in [-0.1, -0.05) is 63.8 Å². The number of carbonyl (C=O) groups is 1. The summed E-state index contributed by atoms with van der Waals surface area (Å²) in [5, 5.41) is 9.41. The average molecular weight is 483 g/mol. The van der Waals surface area contributed by atoms with Crippen molar-refractivity contribution in [3.05, 3.63) is 75.3 Å². The van der Waals surface area contributed by atoms with E-state index in [1.54, 1.807) is 17.9 Å². The first kappa shape index (κ1) is 21.7. The maximum Gasteiger partial charge on any atom is 0.260 e. The molecular weight excluding hydrogens is 463 g/mol. The Labute approximate surface area is 200 Å². The van der Waals surface area contributed by atoms with E-state index < -0.39 is 0 Å². The number of hydrogen-bond donors (Lipinski definition) is 0. The SMILES string of the molecule is Cc1onc(-c2ccccc2Cl)c1C(=O)N1CCC[C@H]1c1nc(-c2cccc(Cl)c2C)no1. The van der Waals surface area contributed by atoms with Crippen LogP contribution >= 0.6 is 23.2 Å². The zero-order valence-electron chi connectivity index (χ0n) is 18.0. The molecule has 5 rings (SSSR count). The first-order valence-corrected chi connectivity index (χ1v) is 11.3. The van der Waals surface area contributed by atoms with Crippen molar-refractivity contribution in [3.8, 4) is 22.6 Å². The van der Waals surface area contributed by atoms with Crippen LogP contribution in [0.4, 0.5) is 0 Å². The second-order valence-electron chi connectivity index (χ2n) is 7.97. The minimum atomic E-state index is -0.341. The molecule has 0 unspecified atom stereocenters. The summed E-state index contributed by atoms with van der Waals surface area (Å²) < 4.78 is 11.0. The van der Waals surface area contributed by atoms with Crippen molar-refractivity contribution in [3.63, 3.8) is 0 Å². The van der Waals surface area contributed by atoms with Crippen LogP contribution in [0, 0.1) is 13.8 Å². The Balaban J connectivity index is 1.48. The Morgan fingerprint density at radius 3 is 2.58 bits per heavy atom. The molecule has 2 aromatic heterocycles. The molecule has 1 aliphatic rings. The van der Waals surface area contributed by atoms with Gasteiger partial charge in [-0.3, -0.25) is 4.79 Å². The van der Waals surface area contributed by atoms with Gasteiger partial charge in [0.15, 0.2) is 0 Å². The van der Waals surface area contributed by atoms with E-state index in [0.717, 1.165) is 17.5 Å². The largest absolute Gasteiger partial charge is 0.360 e. The first-order chi connectivity index (χ1) is 16.0. The number of aromatic nitrogens is 3. The van der Waals surface area contributed by atoms with Crippen LogP contribution in [-0.2, 0) is 0 Å². The Morgan fingerprint density at radius 1 is 1.00 bits per heavy atom. The van der Waals surface area contributed by atoms with Crippen molar-refractivity contribution >= 4 is 29.1 Å². The van der Waals surface area contributed by atoms with Crippen molar-refractivity contribution in [1.29, 1.82) is 0 Å². The van der Waals surface area contributed by atoms with Crippen molar-refractivity contribution < 1.29 is 13.8 Å². The molecule has 1 atom stereocenters. The summed E-state index contributed by atoms with van der Waals surface area (Å²) in [7, 11) is 0. The van der Waals surface area contributed by atoms with Crippen molar-refractivity contribution in [1.82, 2.24) is 20.2 Å². The van der Waals surface area contributed by atoms with E-state index in [0.29, 0.717) is 57.3 Å². The maximum absolute atomic E-state index is 13.7. The molecule has 33 heavy (non-hydrogen) atoms. The summed E-state index contributed by atoms with van der Waals surface area (Å²) in [5.41, 5.74) is 3.13. The summed E-state index contributed by atoms with van der Waals surface area (Å²) in [6.07, 6.45) is 1.53. The number of aryl methyl sites for hydroxylation is 1. The van der Waals surface area contributed by atoms with Gasteiger partial charge in [-0.15, -0.1) is 0 Å². The van der Waals surface area contributed by atoms with Crippen LogP contribution in [0.1, 0.15) is 46.5 Å². The molecule has 0 radical (unpaired) electrons. The molecule has 0 spiro atoms. The lowest BCUT2D eigenvalue weighted by molar-refractivity contribution is 0.0709. The van der Waals surface area contributed by atoms with Crippen molar-refractivity contribution in [2.75, 3.05) is 6.54 Å². The van der Waals surface area contributed by atoms with E-state index in [2.05, 4.69) is 15.3 Å². The highest BCUT2D eigenvalue weighted by Crippen LogP contribution is 2.37. The van der Waals surface area contributed by atoms with Crippen LogP contribution in [0.3, 0.4) is 0 Å². The Morgan fingerprint density at radius 2 is 1.76 bits per heavy atom. The lowest BCUT2D eigenvalue weighted by Gasteiger charge is -2.22. The predicted octanol–water partition coefficient (Wildman–Crippen LogP) is 6.29. The lowest BCUT2D eigenvalue weighted by Crippen LogP contribution is -2.31. The van der Waals surface area contributed by atoms with E-state index in [1.165, 1.54) is 0 Å². The van der Waals surface area contributed by atoms with Gasteiger partial charge < -0.3 is 13.9 Å². The molecule has 1 saturated heterocycles. The van der Waals surface area contributed by atoms with Crippen molar-refractivity contribution in [2.45, 2.75) is 32.7 Å². The minimum Gasteiger partial charge on any atom is -0.360 e. The zero-order valence-corrected chi connectivity index (χ0v) is 19.5. The van der Waals surface area contributed by atoms with Crippen LogP contribution in [-0.4, -0.2) is 32.6 Å². The standard InChI is InChI=1S/C24H20Cl2N4O3/c1-13-15(8-5-10-17(13)25)22-27-23(33-29-22)19-11-6-12-30(19)24(31)20-14(2)32-28-21(20)16-7-3-4-9-18(16)26/h3-5,7-10,19H,6,11-12H2,1-2H3/t19-/m0/s1. The average Bonchev–Trinajstić information content (AvgIpc) is 3.55. The van der Waals surface area contributed by atoms with E-state index in [1.807, 2.05) is 43.3 Å². The topological polar surface area (TPSA) is 85.3 Å². The van der Waals surface area contributed by atoms with Gasteiger partial charge in [0, 0.05) is 22.7 Å². The smallest absolute Gasteiger partial charge is 0.260 e. The van der Waals surface area contributed by atoms with Crippen LogP contribution in [0.5, 0.6) is 0 Å². The Kier molecular flexibility index (Phi) is 5.68. The summed E-state index contributed by atoms with van der Waals surface area (Å²) in [6.45, 7) is 4.19. The van der Waals surface area contributed by atoms with Crippen LogP contribution < -0.4 is 0 Å². The first-order valence-electron chi connectivity index (χ1n) is 10.6. The Bertz CT molecular complexity index is 1350. The highest BCUT2D eigenvalue weighted by Gasteiger charge is 2.37. The van der Waals surface area contributed by atoms with Gasteiger partial charge in [0.1, 0.15) is 23.1 Å². The number of hydrogen-bond acceptors (Lipinski definition) is 6. The molecule has 3 heterocycles. The number of rotatable bonds is 4. The van der Waals surface area contributed by atoms with Gasteiger partial charge in [0.25, 0.3) is 5.91 Å². The van der Waals surface area contributed by atoms with E-state index in [9.17, 15) is 4.79 Å². The number of nitrogens with zero attached hydrogens (tertiary/aromatic N) is 4. The number of carbonyl (C=O) groups excluding carboxylic acids is 1.